The standard InChI is InChI=1S/C9H15N3O2/c1-9(2,8(13)14)7(10)6-4-11-5-12(6)3/h4-5,7H,10H2,1-3H3,(H,13,14). The van der Waals surface area contributed by atoms with Gasteiger partial charge in [0.25, 0.3) is 0 Å². The Kier molecular flexibility index (Phi) is 2.62. The number of carboxylic acids is 1. The molecule has 1 heterocycles. The zero-order valence-electron chi connectivity index (χ0n) is 8.56. The maximum atomic E-state index is 11.0. The van der Waals surface area contributed by atoms with Crippen molar-refractivity contribution in [2.45, 2.75) is 19.9 Å². The minimum Gasteiger partial charge on any atom is -0.481 e. The normalized spacial score (nSPS) is 14.0. The van der Waals surface area contributed by atoms with Gasteiger partial charge >= 0.3 is 5.97 Å². The van der Waals surface area contributed by atoms with Crippen LogP contribution in [-0.2, 0) is 11.8 Å². The average Bonchev–Trinajstić information content (AvgIpc) is 2.49. The predicted octanol–water partition coefficient (Wildman–Crippen LogP) is 0.531. The lowest BCUT2D eigenvalue weighted by Crippen LogP contribution is -2.37. The molecule has 1 rings (SSSR count). The Morgan fingerprint density at radius 1 is 1.71 bits per heavy atom. The van der Waals surface area contributed by atoms with Crippen LogP contribution in [0, 0.1) is 5.41 Å². The summed E-state index contributed by atoms with van der Waals surface area (Å²) in [6, 6.07) is -0.563. The molecule has 0 radical (unpaired) electrons. The van der Waals surface area contributed by atoms with Crippen LogP contribution in [0.3, 0.4) is 0 Å². The van der Waals surface area contributed by atoms with Gasteiger partial charge in [0, 0.05) is 13.2 Å². The molecule has 0 aliphatic carbocycles. The van der Waals surface area contributed by atoms with Crippen molar-refractivity contribution in [2.24, 2.45) is 18.2 Å². The average molecular weight is 197 g/mol. The summed E-state index contributed by atoms with van der Waals surface area (Å²) in [6.07, 6.45) is 3.20. The third kappa shape index (κ3) is 1.63. The van der Waals surface area contributed by atoms with Crippen LogP contribution >= 0.6 is 0 Å². The fourth-order valence-corrected chi connectivity index (χ4v) is 1.17. The lowest BCUT2D eigenvalue weighted by Gasteiger charge is -2.26. The monoisotopic (exact) mass is 197 g/mol. The molecule has 0 spiro atoms. The topological polar surface area (TPSA) is 81.1 Å². The van der Waals surface area contributed by atoms with Gasteiger partial charge in [0.1, 0.15) is 0 Å². The fraction of sp³-hybridized carbons (Fsp3) is 0.556. The molecule has 0 aliphatic heterocycles. The number of imidazole rings is 1. The van der Waals surface area contributed by atoms with Crippen molar-refractivity contribution in [1.82, 2.24) is 9.55 Å². The van der Waals surface area contributed by atoms with Crippen molar-refractivity contribution in [2.75, 3.05) is 0 Å². The highest BCUT2D eigenvalue weighted by atomic mass is 16.4. The van der Waals surface area contributed by atoms with Crippen molar-refractivity contribution in [3.05, 3.63) is 18.2 Å². The second kappa shape index (κ2) is 3.42. The lowest BCUT2D eigenvalue weighted by atomic mass is 9.83. The quantitative estimate of drug-likeness (QED) is 0.740. The van der Waals surface area contributed by atoms with E-state index in [-0.39, 0.29) is 0 Å². The summed E-state index contributed by atoms with van der Waals surface area (Å²) in [5.41, 5.74) is 5.60. The number of carboxylic acid groups (broad SMARTS) is 1. The van der Waals surface area contributed by atoms with E-state index in [1.54, 1.807) is 38.0 Å². The van der Waals surface area contributed by atoms with Crippen LogP contribution in [0.2, 0.25) is 0 Å². The van der Waals surface area contributed by atoms with Gasteiger partial charge in [-0.05, 0) is 13.8 Å². The first kappa shape index (κ1) is 10.7. The molecule has 1 aromatic heterocycles. The van der Waals surface area contributed by atoms with Gasteiger partial charge in [0.15, 0.2) is 0 Å². The van der Waals surface area contributed by atoms with E-state index >= 15 is 0 Å². The van der Waals surface area contributed by atoms with Gasteiger partial charge in [-0.15, -0.1) is 0 Å². The van der Waals surface area contributed by atoms with Crippen LogP contribution in [0.25, 0.3) is 0 Å². The second-order valence-corrected chi connectivity index (χ2v) is 3.93. The van der Waals surface area contributed by atoms with E-state index in [1.165, 1.54) is 0 Å². The number of aryl methyl sites for hydroxylation is 1. The zero-order chi connectivity index (χ0) is 10.9. The molecule has 5 nitrogen and oxygen atoms in total. The number of nitrogens with two attached hydrogens (primary N) is 1. The molecule has 14 heavy (non-hydrogen) atoms. The summed E-state index contributed by atoms with van der Waals surface area (Å²) in [7, 11) is 1.79. The Morgan fingerprint density at radius 3 is 2.64 bits per heavy atom. The molecule has 0 aromatic carbocycles. The molecule has 0 amide bonds. The Morgan fingerprint density at radius 2 is 2.29 bits per heavy atom. The smallest absolute Gasteiger partial charge is 0.311 e. The van der Waals surface area contributed by atoms with E-state index in [9.17, 15) is 4.79 Å². The molecule has 1 atom stereocenters. The molecule has 1 unspecified atom stereocenters. The molecule has 1 aromatic rings. The van der Waals surface area contributed by atoms with Crippen molar-refractivity contribution in [3.63, 3.8) is 0 Å². The van der Waals surface area contributed by atoms with Crippen LogP contribution in [-0.4, -0.2) is 20.6 Å². The van der Waals surface area contributed by atoms with Crippen LogP contribution in [0.1, 0.15) is 25.6 Å². The summed E-state index contributed by atoms with van der Waals surface area (Å²) < 4.78 is 1.73. The van der Waals surface area contributed by atoms with E-state index in [1.807, 2.05) is 0 Å². The minimum absolute atomic E-state index is 0.563. The summed E-state index contributed by atoms with van der Waals surface area (Å²) >= 11 is 0. The van der Waals surface area contributed by atoms with Crippen molar-refractivity contribution >= 4 is 5.97 Å². The first-order valence-electron chi connectivity index (χ1n) is 4.32. The molecule has 78 valence electrons. The SMILES string of the molecule is Cn1cncc1C(N)C(C)(C)C(=O)O. The molecule has 5 heteroatoms. The molecule has 0 aliphatic rings. The Balaban J connectivity index is 3.02. The number of nitrogens with zero attached hydrogens (tertiary/aromatic N) is 2. The fourth-order valence-electron chi connectivity index (χ4n) is 1.17. The number of carbonyl (C=O) groups is 1. The highest BCUT2D eigenvalue weighted by Crippen LogP contribution is 2.30. The van der Waals surface area contributed by atoms with Gasteiger partial charge in [-0.2, -0.15) is 0 Å². The maximum Gasteiger partial charge on any atom is 0.311 e. The van der Waals surface area contributed by atoms with Gasteiger partial charge in [0.2, 0.25) is 0 Å². The third-order valence-corrected chi connectivity index (χ3v) is 2.50. The molecular formula is C9H15N3O2. The van der Waals surface area contributed by atoms with Crippen molar-refractivity contribution in [1.29, 1.82) is 0 Å². The highest BCUT2D eigenvalue weighted by Gasteiger charge is 2.36. The predicted molar refractivity (Wildman–Crippen MR) is 51.6 cm³/mol. The number of rotatable bonds is 3. The summed E-state index contributed by atoms with van der Waals surface area (Å²) in [5.74, 6) is -0.911. The zero-order valence-corrected chi connectivity index (χ0v) is 8.56. The first-order valence-corrected chi connectivity index (χ1v) is 4.32. The second-order valence-electron chi connectivity index (χ2n) is 3.93. The first-order chi connectivity index (χ1) is 6.37. The maximum absolute atomic E-state index is 11.0. The van der Waals surface area contributed by atoms with E-state index in [2.05, 4.69) is 4.98 Å². The van der Waals surface area contributed by atoms with E-state index < -0.39 is 17.4 Å². The number of hydrogen-bond donors (Lipinski definition) is 2. The van der Waals surface area contributed by atoms with Crippen LogP contribution in [0.15, 0.2) is 12.5 Å². The highest BCUT2D eigenvalue weighted by molar-refractivity contribution is 5.74. The lowest BCUT2D eigenvalue weighted by molar-refractivity contribution is -0.148. The van der Waals surface area contributed by atoms with Crippen LogP contribution < -0.4 is 5.73 Å². The van der Waals surface area contributed by atoms with Crippen molar-refractivity contribution < 1.29 is 9.90 Å². The molecule has 0 fully saturated rings. The summed E-state index contributed by atoms with van der Waals surface area (Å²) in [4.78, 5) is 14.9. The Labute approximate surface area is 82.6 Å². The molecule has 3 N–H and O–H groups in total. The number of hydrogen-bond acceptors (Lipinski definition) is 3. The van der Waals surface area contributed by atoms with Crippen LogP contribution in [0.4, 0.5) is 0 Å². The molecule has 0 saturated carbocycles. The Hall–Kier alpha value is -1.36. The van der Waals surface area contributed by atoms with Gasteiger partial charge < -0.3 is 15.4 Å². The van der Waals surface area contributed by atoms with Gasteiger partial charge in [-0.25, -0.2) is 4.98 Å². The third-order valence-electron chi connectivity index (χ3n) is 2.50. The van der Waals surface area contributed by atoms with E-state index in [0.29, 0.717) is 0 Å². The molecular weight excluding hydrogens is 182 g/mol. The van der Waals surface area contributed by atoms with Gasteiger partial charge in [-0.3, -0.25) is 4.79 Å². The van der Waals surface area contributed by atoms with E-state index in [0.717, 1.165) is 5.69 Å². The van der Waals surface area contributed by atoms with E-state index in [4.69, 9.17) is 10.8 Å². The van der Waals surface area contributed by atoms with Gasteiger partial charge in [0.05, 0.1) is 23.5 Å². The summed E-state index contributed by atoms with van der Waals surface area (Å²) in [5, 5.41) is 8.99. The largest absolute Gasteiger partial charge is 0.481 e. The minimum atomic E-state index is -0.992. The number of aliphatic carboxylic acids is 1. The number of aromatic nitrogens is 2. The van der Waals surface area contributed by atoms with Crippen LogP contribution in [0.5, 0.6) is 0 Å². The molecule has 0 bridgehead atoms. The molecule has 0 saturated heterocycles. The Bertz CT molecular complexity index is 344. The van der Waals surface area contributed by atoms with Gasteiger partial charge in [-0.1, -0.05) is 0 Å². The van der Waals surface area contributed by atoms with Crippen molar-refractivity contribution in [3.8, 4) is 0 Å². The summed E-state index contributed by atoms with van der Waals surface area (Å²) in [6.45, 7) is 3.21.